The number of nitrogens with zero attached hydrogens (tertiary/aromatic N) is 3. The molecule has 3 heterocycles. The lowest BCUT2D eigenvalue weighted by molar-refractivity contribution is -0.110. The average Bonchev–Trinajstić information content (AvgIpc) is 3.59. The van der Waals surface area contributed by atoms with Crippen LogP contribution in [-0.2, 0) is 26.9 Å². The molecule has 0 aliphatic carbocycles. The molecule has 0 saturated carbocycles. The van der Waals surface area contributed by atoms with Gasteiger partial charge in [0.05, 0.1) is 40.2 Å². The number of aryl methyl sites for hydroxylation is 1. The molecular formula is C26H24N6O4S. The number of carbonyl (C=O) groups is 2. The van der Waals surface area contributed by atoms with Crippen molar-refractivity contribution < 1.29 is 18.0 Å². The summed E-state index contributed by atoms with van der Waals surface area (Å²) in [5.41, 5.74) is 3.48. The van der Waals surface area contributed by atoms with E-state index in [0.717, 1.165) is 5.69 Å². The number of hydrogen-bond acceptors (Lipinski definition) is 6. The Hall–Kier alpha value is -4.51. The van der Waals surface area contributed by atoms with Gasteiger partial charge in [-0.15, -0.1) is 5.10 Å². The highest BCUT2D eigenvalue weighted by Crippen LogP contribution is 2.35. The van der Waals surface area contributed by atoms with E-state index < -0.39 is 9.84 Å². The van der Waals surface area contributed by atoms with Gasteiger partial charge in [-0.3, -0.25) is 14.3 Å². The summed E-state index contributed by atoms with van der Waals surface area (Å²) in [6.07, 6.45) is 4.84. The molecule has 0 bridgehead atoms. The van der Waals surface area contributed by atoms with Crippen LogP contribution in [0.15, 0.2) is 71.9 Å². The molecule has 11 heteroatoms. The van der Waals surface area contributed by atoms with Gasteiger partial charge in [0.25, 0.3) is 11.8 Å². The van der Waals surface area contributed by atoms with Crippen LogP contribution >= 0.6 is 0 Å². The first-order valence-corrected chi connectivity index (χ1v) is 13.2. The van der Waals surface area contributed by atoms with Crippen molar-refractivity contribution in [2.45, 2.75) is 24.1 Å². The van der Waals surface area contributed by atoms with Gasteiger partial charge in [0, 0.05) is 29.7 Å². The number of anilines is 1. The Morgan fingerprint density at radius 1 is 1.14 bits per heavy atom. The van der Waals surface area contributed by atoms with Crippen molar-refractivity contribution in [3.63, 3.8) is 0 Å². The van der Waals surface area contributed by atoms with Crippen molar-refractivity contribution in [3.8, 4) is 0 Å². The summed E-state index contributed by atoms with van der Waals surface area (Å²) in [6, 6.07) is 15.2. The van der Waals surface area contributed by atoms with E-state index in [2.05, 4.69) is 25.9 Å². The zero-order valence-corrected chi connectivity index (χ0v) is 20.7. The molecule has 188 valence electrons. The minimum Gasteiger partial charge on any atom is -0.358 e. The molecule has 0 saturated heterocycles. The van der Waals surface area contributed by atoms with Gasteiger partial charge in [-0.2, -0.15) is 0 Å². The summed E-state index contributed by atoms with van der Waals surface area (Å²) in [4.78, 5) is 28.9. The van der Waals surface area contributed by atoms with Crippen LogP contribution in [0.2, 0.25) is 0 Å². The maximum atomic E-state index is 13.1. The Morgan fingerprint density at radius 3 is 2.70 bits per heavy atom. The Balaban J connectivity index is 1.42. The first kappa shape index (κ1) is 24.2. The highest BCUT2D eigenvalue weighted by molar-refractivity contribution is 7.90. The molecule has 4 aromatic rings. The van der Waals surface area contributed by atoms with E-state index in [9.17, 15) is 18.0 Å². The van der Waals surface area contributed by atoms with E-state index >= 15 is 0 Å². The predicted molar refractivity (Wildman–Crippen MR) is 138 cm³/mol. The number of fused-ring (bicyclic) bond motifs is 1. The fourth-order valence-corrected chi connectivity index (χ4v) is 5.54. The molecule has 0 spiro atoms. The first-order valence-electron chi connectivity index (χ1n) is 11.6. The number of H-pyrrole nitrogens is 1. The van der Waals surface area contributed by atoms with Gasteiger partial charge in [0.15, 0.2) is 9.84 Å². The molecule has 1 aliphatic rings. The third kappa shape index (κ3) is 5.21. The summed E-state index contributed by atoms with van der Waals surface area (Å²) < 4.78 is 27.8. The number of amides is 2. The van der Waals surface area contributed by atoms with Crippen LogP contribution in [0.3, 0.4) is 0 Å². The van der Waals surface area contributed by atoms with E-state index in [1.165, 1.54) is 12.1 Å². The van der Waals surface area contributed by atoms with Crippen LogP contribution in [-0.4, -0.2) is 46.8 Å². The van der Waals surface area contributed by atoms with Gasteiger partial charge >= 0.3 is 0 Å². The van der Waals surface area contributed by atoms with E-state index in [0.29, 0.717) is 41.2 Å². The normalized spacial score (nSPS) is 14.0. The summed E-state index contributed by atoms with van der Waals surface area (Å²) in [6.45, 7) is 2.61. The molecule has 0 atom stereocenters. The number of aromatic amines is 1. The highest BCUT2D eigenvalue weighted by Gasteiger charge is 2.28. The van der Waals surface area contributed by atoms with Crippen molar-refractivity contribution in [1.29, 1.82) is 0 Å². The number of carbonyl (C=O) groups excluding carboxylic acids is 2. The van der Waals surface area contributed by atoms with Gasteiger partial charge in [-0.25, -0.2) is 8.42 Å². The standard InChI is InChI=1S/C26H24N6O4S/c1-17-13-22(25(33)27-9-11-32-12-10-28-31-32)24(29-17)15-21-20-14-19(7-8-23(20)30-26(21)34)37(35,36)16-18-5-3-2-4-6-18/h2-8,10,12-15,29H,9,11,16H2,1H3,(H,27,33)(H,30,34). The van der Waals surface area contributed by atoms with Gasteiger partial charge in [0.2, 0.25) is 0 Å². The average molecular weight is 517 g/mol. The second kappa shape index (κ2) is 9.86. The minimum atomic E-state index is -3.64. The van der Waals surface area contributed by atoms with E-state index in [1.807, 2.05) is 13.0 Å². The van der Waals surface area contributed by atoms with Crippen molar-refractivity contribution in [1.82, 2.24) is 25.3 Å². The number of rotatable bonds is 8. The zero-order chi connectivity index (χ0) is 26.0. The predicted octanol–water partition coefficient (Wildman–Crippen LogP) is 2.81. The second-order valence-electron chi connectivity index (χ2n) is 8.67. The molecule has 0 fully saturated rings. The van der Waals surface area contributed by atoms with Crippen LogP contribution < -0.4 is 10.6 Å². The largest absolute Gasteiger partial charge is 0.358 e. The summed E-state index contributed by atoms with van der Waals surface area (Å²) >= 11 is 0. The van der Waals surface area contributed by atoms with Gasteiger partial charge in [-0.05, 0) is 42.8 Å². The topological polar surface area (TPSA) is 139 Å². The Labute approximate surface area is 213 Å². The minimum absolute atomic E-state index is 0.117. The third-order valence-corrected chi connectivity index (χ3v) is 7.63. The monoisotopic (exact) mass is 516 g/mol. The lowest BCUT2D eigenvalue weighted by Crippen LogP contribution is -2.27. The van der Waals surface area contributed by atoms with Crippen molar-refractivity contribution in [2.75, 3.05) is 11.9 Å². The second-order valence-corrected chi connectivity index (χ2v) is 10.7. The Bertz CT molecular complexity index is 1610. The molecule has 10 nitrogen and oxygen atoms in total. The van der Waals surface area contributed by atoms with E-state index in [-0.39, 0.29) is 28.0 Å². The molecule has 3 N–H and O–H groups in total. The molecule has 0 unspecified atom stereocenters. The SMILES string of the molecule is Cc1cc(C(=O)NCCn2ccnn2)c(C=C2C(=O)Nc3ccc(S(=O)(=O)Cc4ccccc4)cc32)[nH]1. The van der Waals surface area contributed by atoms with Crippen LogP contribution in [0, 0.1) is 6.92 Å². The quantitative estimate of drug-likeness (QED) is 0.308. The molecule has 2 amide bonds. The maximum absolute atomic E-state index is 13.1. The summed E-state index contributed by atoms with van der Waals surface area (Å²) in [5, 5.41) is 13.2. The molecular weight excluding hydrogens is 492 g/mol. The number of sulfone groups is 1. The number of aromatic nitrogens is 4. The molecule has 1 aliphatic heterocycles. The molecule has 2 aromatic carbocycles. The van der Waals surface area contributed by atoms with Crippen molar-refractivity contribution in [3.05, 3.63) is 95.1 Å². The van der Waals surface area contributed by atoms with Crippen molar-refractivity contribution >= 4 is 39.0 Å². The lowest BCUT2D eigenvalue weighted by atomic mass is 10.0. The van der Waals surface area contributed by atoms with Gasteiger partial charge < -0.3 is 15.6 Å². The van der Waals surface area contributed by atoms with Gasteiger partial charge in [0.1, 0.15) is 0 Å². The summed E-state index contributed by atoms with van der Waals surface area (Å²) in [5.74, 6) is -0.839. The summed E-state index contributed by atoms with van der Waals surface area (Å²) in [7, 11) is -3.64. The number of hydrogen-bond donors (Lipinski definition) is 3. The molecule has 5 rings (SSSR count). The fraction of sp³-hybridized carbons (Fsp3) is 0.154. The highest BCUT2D eigenvalue weighted by atomic mass is 32.2. The van der Waals surface area contributed by atoms with Gasteiger partial charge in [-0.1, -0.05) is 35.5 Å². The number of benzene rings is 2. The number of nitrogens with one attached hydrogen (secondary N) is 3. The Morgan fingerprint density at radius 2 is 1.95 bits per heavy atom. The molecule has 2 aromatic heterocycles. The van der Waals surface area contributed by atoms with Crippen LogP contribution in [0.5, 0.6) is 0 Å². The molecule has 37 heavy (non-hydrogen) atoms. The van der Waals surface area contributed by atoms with E-state index in [4.69, 9.17) is 0 Å². The van der Waals surface area contributed by atoms with Crippen LogP contribution in [0.4, 0.5) is 5.69 Å². The molecule has 0 radical (unpaired) electrons. The maximum Gasteiger partial charge on any atom is 0.256 e. The van der Waals surface area contributed by atoms with Crippen LogP contribution in [0.25, 0.3) is 11.6 Å². The first-order chi connectivity index (χ1) is 17.8. The van der Waals surface area contributed by atoms with Crippen LogP contribution in [0.1, 0.15) is 32.9 Å². The third-order valence-electron chi connectivity index (χ3n) is 5.95. The smallest absolute Gasteiger partial charge is 0.256 e. The van der Waals surface area contributed by atoms with Crippen molar-refractivity contribution in [2.24, 2.45) is 0 Å². The zero-order valence-electron chi connectivity index (χ0n) is 19.9. The van der Waals surface area contributed by atoms with E-state index in [1.54, 1.807) is 59.5 Å². The lowest BCUT2D eigenvalue weighted by Gasteiger charge is -2.07. The Kier molecular flexibility index (Phi) is 6.45. The fourth-order valence-electron chi connectivity index (χ4n) is 4.17.